The number of nitrogens with zero attached hydrogens (tertiary/aromatic N) is 1. The molecule has 1 rings (SSSR count). The Morgan fingerprint density at radius 1 is 1.24 bits per heavy atom. The molecule has 0 atom stereocenters. The Morgan fingerprint density at radius 3 is 2.35 bits per heavy atom. The Labute approximate surface area is 110 Å². The van der Waals surface area contributed by atoms with Crippen LogP contribution in [0.3, 0.4) is 0 Å². The summed E-state index contributed by atoms with van der Waals surface area (Å²) in [6, 6.07) is 5.71. The standard InChI is InChI=1S/C14H23ClN2/c1-4-11(5-2)10-17(6-3)14-12(15)8-7-9-13(14)16/h7-9,11H,4-6,10,16H2,1-3H3. The van der Waals surface area contributed by atoms with Crippen molar-refractivity contribution in [3.05, 3.63) is 23.2 Å². The summed E-state index contributed by atoms with van der Waals surface area (Å²) in [6.45, 7) is 8.57. The van der Waals surface area contributed by atoms with E-state index in [9.17, 15) is 0 Å². The van der Waals surface area contributed by atoms with Gasteiger partial charge in [0.1, 0.15) is 0 Å². The minimum absolute atomic E-state index is 0.700. The van der Waals surface area contributed by atoms with Gasteiger partial charge in [0.25, 0.3) is 0 Å². The summed E-state index contributed by atoms with van der Waals surface area (Å²) in [5, 5.41) is 0.748. The lowest BCUT2D eigenvalue weighted by atomic mass is 10.0. The topological polar surface area (TPSA) is 29.3 Å². The molecule has 1 aromatic rings. The number of benzene rings is 1. The number of nitrogens with two attached hydrogens (primary N) is 1. The van der Waals surface area contributed by atoms with E-state index in [4.69, 9.17) is 17.3 Å². The number of nitrogen functional groups attached to an aromatic ring is 1. The normalized spacial score (nSPS) is 10.9. The maximum Gasteiger partial charge on any atom is 0.0789 e. The Hall–Kier alpha value is -0.890. The van der Waals surface area contributed by atoms with E-state index < -0.39 is 0 Å². The van der Waals surface area contributed by atoms with E-state index in [2.05, 4.69) is 25.7 Å². The van der Waals surface area contributed by atoms with Crippen LogP contribution in [-0.4, -0.2) is 13.1 Å². The fourth-order valence-corrected chi connectivity index (χ4v) is 2.40. The molecule has 0 bridgehead atoms. The zero-order chi connectivity index (χ0) is 12.8. The molecule has 0 amide bonds. The monoisotopic (exact) mass is 254 g/mol. The molecule has 0 aliphatic rings. The Balaban J connectivity index is 2.93. The summed E-state index contributed by atoms with van der Waals surface area (Å²) in [5.74, 6) is 0.700. The molecule has 0 fully saturated rings. The van der Waals surface area contributed by atoms with Crippen molar-refractivity contribution in [2.24, 2.45) is 5.92 Å². The van der Waals surface area contributed by atoms with Gasteiger partial charge in [-0.2, -0.15) is 0 Å². The van der Waals surface area contributed by atoms with Gasteiger partial charge in [-0.25, -0.2) is 0 Å². The van der Waals surface area contributed by atoms with E-state index in [0.29, 0.717) is 5.92 Å². The Bertz CT molecular complexity index is 328. The molecule has 2 nitrogen and oxygen atoms in total. The van der Waals surface area contributed by atoms with Crippen molar-refractivity contribution in [1.82, 2.24) is 0 Å². The fourth-order valence-electron chi connectivity index (χ4n) is 2.10. The van der Waals surface area contributed by atoms with Crippen molar-refractivity contribution in [2.45, 2.75) is 33.6 Å². The van der Waals surface area contributed by atoms with Gasteiger partial charge in [-0.3, -0.25) is 0 Å². The molecule has 96 valence electrons. The van der Waals surface area contributed by atoms with Gasteiger partial charge >= 0.3 is 0 Å². The number of hydrogen-bond donors (Lipinski definition) is 1. The number of halogens is 1. The van der Waals surface area contributed by atoms with Crippen LogP contribution in [0.5, 0.6) is 0 Å². The highest BCUT2D eigenvalue weighted by molar-refractivity contribution is 6.34. The molecule has 1 aromatic carbocycles. The van der Waals surface area contributed by atoms with Crippen LogP contribution in [0.2, 0.25) is 5.02 Å². The minimum Gasteiger partial charge on any atom is -0.397 e. The molecule has 2 N–H and O–H groups in total. The van der Waals surface area contributed by atoms with Crippen LogP contribution in [0.4, 0.5) is 11.4 Å². The quantitative estimate of drug-likeness (QED) is 0.772. The zero-order valence-electron chi connectivity index (χ0n) is 11.0. The van der Waals surface area contributed by atoms with Gasteiger partial charge in [0.15, 0.2) is 0 Å². The van der Waals surface area contributed by atoms with Crippen LogP contribution in [0.1, 0.15) is 33.6 Å². The predicted octanol–water partition coefficient (Wildman–Crippen LogP) is 4.18. The molecule has 0 aromatic heterocycles. The van der Waals surface area contributed by atoms with Gasteiger partial charge in [0, 0.05) is 13.1 Å². The van der Waals surface area contributed by atoms with Crippen molar-refractivity contribution in [1.29, 1.82) is 0 Å². The summed E-state index contributed by atoms with van der Waals surface area (Å²) < 4.78 is 0. The van der Waals surface area contributed by atoms with Gasteiger partial charge < -0.3 is 10.6 Å². The average Bonchev–Trinajstić information content (AvgIpc) is 2.33. The first-order chi connectivity index (χ1) is 8.13. The lowest BCUT2D eigenvalue weighted by Gasteiger charge is -2.29. The lowest BCUT2D eigenvalue weighted by Crippen LogP contribution is -2.29. The highest BCUT2D eigenvalue weighted by Crippen LogP contribution is 2.32. The van der Waals surface area contributed by atoms with Crippen LogP contribution < -0.4 is 10.6 Å². The Morgan fingerprint density at radius 2 is 1.88 bits per heavy atom. The van der Waals surface area contributed by atoms with Crippen LogP contribution in [0, 0.1) is 5.92 Å². The molecular formula is C14H23ClN2. The first-order valence-electron chi connectivity index (χ1n) is 6.42. The average molecular weight is 255 g/mol. The fraction of sp³-hybridized carbons (Fsp3) is 0.571. The van der Waals surface area contributed by atoms with E-state index in [1.807, 2.05) is 18.2 Å². The van der Waals surface area contributed by atoms with Crippen LogP contribution in [-0.2, 0) is 0 Å². The van der Waals surface area contributed by atoms with E-state index in [1.54, 1.807) is 0 Å². The van der Waals surface area contributed by atoms with E-state index in [0.717, 1.165) is 29.5 Å². The highest BCUT2D eigenvalue weighted by atomic mass is 35.5. The van der Waals surface area contributed by atoms with E-state index in [1.165, 1.54) is 12.8 Å². The van der Waals surface area contributed by atoms with Crippen molar-refractivity contribution in [3.8, 4) is 0 Å². The maximum atomic E-state index is 6.25. The van der Waals surface area contributed by atoms with Crippen LogP contribution in [0.25, 0.3) is 0 Å². The van der Waals surface area contributed by atoms with E-state index >= 15 is 0 Å². The van der Waals surface area contributed by atoms with Crippen molar-refractivity contribution in [2.75, 3.05) is 23.7 Å². The summed E-state index contributed by atoms with van der Waals surface area (Å²) in [5.41, 5.74) is 7.79. The molecule has 0 unspecified atom stereocenters. The molecule has 17 heavy (non-hydrogen) atoms. The van der Waals surface area contributed by atoms with Crippen LogP contribution >= 0.6 is 11.6 Å². The SMILES string of the molecule is CCC(CC)CN(CC)c1c(N)cccc1Cl. The lowest BCUT2D eigenvalue weighted by molar-refractivity contribution is 0.486. The van der Waals surface area contributed by atoms with Gasteiger partial charge in [0.05, 0.1) is 16.4 Å². The predicted molar refractivity (Wildman–Crippen MR) is 77.8 cm³/mol. The second kappa shape index (κ2) is 6.75. The number of anilines is 2. The Kier molecular flexibility index (Phi) is 5.63. The first-order valence-corrected chi connectivity index (χ1v) is 6.80. The number of para-hydroxylation sites is 1. The van der Waals surface area contributed by atoms with Gasteiger partial charge in [-0.05, 0) is 25.0 Å². The molecule has 0 aliphatic carbocycles. The van der Waals surface area contributed by atoms with Crippen molar-refractivity contribution in [3.63, 3.8) is 0 Å². The van der Waals surface area contributed by atoms with Gasteiger partial charge in [-0.15, -0.1) is 0 Å². The van der Waals surface area contributed by atoms with Crippen LogP contribution in [0.15, 0.2) is 18.2 Å². The van der Waals surface area contributed by atoms with Gasteiger partial charge in [-0.1, -0.05) is 44.4 Å². The summed E-state index contributed by atoms with van der Waals surface area (Å²) >= 11 is 6.25. The molecule has 0 aliphatic heterocycles. The molecule has 0 heterocycles. The highest BCUT2D eigenvalue weighted by Gasteiger charge is 2.15. The molecule has 0 radical (unpaired) electrons. The number of hydrogen-bond acceptors (Lipinski definition) is 2. The van der Waals surface area contributed by atoms with E-state index in [-0.39, 0.29) is 0 Å². The maximum absolute atomic E-state index is 6.25. The third kappa shape index (κ3) is 3.53. The second-order valence-electron chi connectivity index (χ2n) is 4.40. The molecule has 0 saturated heterocycles. The third-order valence-corrected chi connectivity index (χ3v) is 3.65. The smallest absolute Gasteiger partial charge is 0.0789 e. The molecule has 0 spiro atoms. The third-order valence-electron chi connectivity index (χ3n) is 3.35. The first kappa shape index (κ1) is 14.2. The molecule has 3 heteroatoms. The largest absolute Gasteiger partial charge is 0.397 e. The summed E-state index contributed by atoms with van der Waals surface area (Å²) in [6.07, 6.45) is 2.38. The van der Waals surface area contributed by atoms with Crippen molar-refractivity contribution >= 4 is 23.0 Å². The van der Waals surface area contributed by atoms with Gasteiger partial charge in [0.2, 0.25) is 0 Å². The second-order valence-corrected chi connectivity index (χ2v) is 4.81. The van der Waals surface area contributed by atoms with Crippen molar-refractivity contribution < 1.29 is 0 Å². The molecule has 0 saturated carbocycles. The molecular weight excluding hydrogens is 232 g/mol. The summed E-state index contributed by atoms with van der Waals surface area (Å²) in [4.78, 5) is 2.29. The summed E-state index contributed by atoms with van der Waals surface area (Å²) in [7, 11) is 0. The zero-order valence-corrected chi connectivity index (χ0v) is 11.8. The number of rotatable bonds is 6. The minimum atomic E-state index is 0.700.